The summed E-state index contributed by atoms with van der Waals surface area (Å²) in [5.41, 5.74) is 4.44. The Labute approximate surface area is 190 Å². The fraction of sp³-hybridized carbons (Fsp3) is 0.130. The number of carbonyl (C=O) groups is 1. The highest BCUT2D eigenvalue weighted by atomic mass is 35.5. The van der Waals surface area contributed by atoms with E-state index in [4.69, 9.17) is 37.4 Å². The van der Waals surface area contributed by atoms with Gasteiger partial charge in [-0.1, -0.05) is 35.3 Å². The van der Waals surface area contributed by atoms with Crippen LogP contribution in [0.2, 0.25) is 10.0 Å². The molecule has 0 fully saturated rings. The van der Waals surface area contributed by atoms with Crippen LogP contribution < -0.4 is 19.6 Å². The summed E-state index contributed by atoms with van der Waals surface area (Å²) < 4.78 is 16.3. The van der Waals surface area contributed by atoms with Crippen LogP contribution in [0.15, 0.2) is 65.8 Å². The number of ether oxygens (including phenoxy) is 3. The largest absolute Gasteiger partial charge is 0.493 e. The van der Waals surface area contributed by atoms with Gasteiger partial charge in [0.05, 0.1) is 20.4 Å². The molecule has 3 aromatic carbocycles. The molecular weight excluding hydrogens is 439 g/mol. The lowest BCUT2D eigenvalue weighted by Gasteiger charge is -2.10. The molecule has 0 aliphatic carbocycles. The van der Waals surface area contributed by atoms with Crippen LogP contribution in [0.25, 0.3) is 0 Å². The summed E-state index contributed by atoms with van der Waals surface area (Å²) >= 11 is 12.0. The van der Waals surface area contributed by atoms with E-state index in [2.05, 4.69) is 10.5 Å². The maximum atomic E-state index is 12.4. The predicted molar refractivity (Wildman–Crippen MR) is 122 cm³/mol. The van der Waals surface area contributed by atoms with Crippen LogP contribution in [0, 0.1) is 0 Å². The monoisotopic (exact) mass is 458 g/mol. The second-order valence-electron chi connectivity index (χ2n) is 6.37. The number of carbonyl (C=O) groups excluding carboxylic acids is 1. The number of amides is 1. The van der Waals surface area contributed by atoms with Crippen molar-refractivity contribution < 1.29 is 19.0 Å². The van der Waals surface area contributed by atoms with E-state index < -0.39 is 5.91 Å². The van der Waals surface area contributed by atoms with Gasteiger partial charge in [-0.2, -0.15) is 5.10 Å². The first-order valence-electron chi connectivity index (χ1n) is 9.22. The zero-order valence-electron chi connectivity index (χ0n) is 16.9. The summed E-state index contributed by atoms with van der Waals surface area (Å²) in [6.45, 7) is 0.345. The van der Waals surface area contributed by atoms with Crippen LogP contribution in [-0.4, -0.2) is 26.3 Å². The summed E-state index contributed by atoms with van der Waals surface area (Å²) in [5.74, 6) is 1.15. The Morgan fingerprint density at radius 1 is 0.903 bits per heavy atom. The van der Waals surface area contributed by atoms with Crippen LogP contribution in [-0.2, 0) is 6.61 Å². The van der Waals surface area contributed by atoms with Crippen LogP contribution >= 0.6 is 23.2 Å². The van der Waals surface area contributed by atoms with E-state index in [0.29, 0.717) is 45.0 Å². The maximum Gasteiger partial charge on any atom is 0.271 e. The molecule has 3 aromatic rings. The highest BCUT2D eigenvalue weighted by Crippen LogP contribution is 2.27. The van der Waals surface area contributed by atoms with Crippen LogP contribution in [0.4, 0.5) is 0 Å². The van der Waals surface area contributed by atoms with E-state index >= 15 is 0 Å². The minimum atomic E-state index is -0.400. The minimum Gasteiger partial charge on any atom is -0.493 e. The smallest absolute Gasteiger partial charge is 0.271 e. The van der Waals surface area contributed by atoms with Crippen molar-refractivity contribution in [1.29, 1.82) is 0 Å². The molecular formula is C23H20Cl2N2O4. The third-order valence-corrected chi connectivity index (χ3v) is 4.78. The molecule has 0 unspecified atom stereocenters. The molecule has 0 saturated heterocycles. The fourth-order valence-electron chi connectivity index (χ4n) is 2.70. The molecule has 0 atom stereocenters. The average Bonchev–Trinajstić information content (AvgIpc) is 2.79. The number of methoxy groups -OCH3 is 2. The normalized spacial score (nSPS) is 10.7. The first-order chi connectivity index (χ1) is 15.0. The third kappa shape index (κ3) is 6.13. The summed E-state index contributed by atoms with van der Waals surface area (Å²) in [6, 6.07) is 17.4. The minimum absolute atomic E-state index is 0.345. The van der Waals surface area contributed by atoms with Gasteiger partial charge in [-0.15, -0.1) is 0 Å². The summed E-state index contributed by atoms with van der Waals surface area (Å²) in [6.07, 6.45) is 1.47. The Hall–Kier alpha value is -3.22. The number of benzene rings is 3. The van der Waals surface area contributed by atoms with E-state index in [1.165, 1.54) is 20.4 Å². The first kappa shape index (κ1) is 22.5. The molecule has 160 valence electrons. The molecule has 0 radical (unpaired) electrons. The fourth-order valence-corrected chi connectivity index (χ4v) is 3.00. The van der Waals surface area contributed by atoms with Crippen molar-refractivity contribution in [3.63, 3.8) is 0 Å². The van der Waals surface area contributed by atoms with Crippen LogP contribution in [0.3, 0.4) is 0 Å². The van der Waals surface area contributed by atoms with Crippen LogP contribution in [0.1, 0.15) is 21.5 Å². The van der Waals surface area contributed by atoms with Crippen molar-refractivity contribution in [3.05, 3.63) is 87.4 Å². The first-order valence-corrected chi connectivity index (χ1v) is 9.98. The topological polar surface area (TPSA) is 69.2 Å². The third-order valence-electron chi connectivity index (χ3n) is 4.29. The van der Waals surface area contributed by atoms with Gasteiger partial charge in [-0.05, 0) is 54.1 Å². The zero-order valence-corrected chi connectivity index (χ0v) is 18.4. The lowest BCUT2D eigenvalue weighted by Crippen LogP contribution is -2.17. The SMILES string of the molecule is COc1ccc(C(=O)N/N=C/c2cc(Cl)ccc2OCc2ccc(Cl)cc2)cc1OC. The predicted octanol–water partition coefficient (Wildman–Crippen LogP) is 5.35. The molecule has 8 heteroatoms. The molecule has 0 bridgehead atoms. The van der Waals surface area contributed by atoms with E-state index in [0.717, 1.165) is 5.56 Å². The molecule has 0 heterocycles. The standard InChI is InChI=1S/C23H20Cl2N2O4/c1-29-21-9-5-16(12-22(21)30-2)23(28)27-26-13-17-11-19(25)8-10-20(17)31-14-15-3-6-18(24)7-4-15/h3-13H,14H2,1-2H3,(H,27,28)/b26-13+. The molecule has 1 N–H and O–H groups in total. The second-order valence-corrected chi connectivity index (χ2v) is 7.24. The number of nitrogens with zero attached hydrogens (tertiary/aromatic N) is 1. The van der Waals surface area contributed by atoms with Crippen molar-refractivity contribution in [2.75, 3.05) is 14.2 Å². The van der Waals surface area contributed by atoms with Gasteiger partial charge in [-0.3, -0.25) is 4.79 Å². The van der Waals surface area contributed by atoms with E-state index in [-0.39, 0.29) is 0 Å². The second kappa shape index (κ2) is 10.7. The lowest BCUT2D eigenvalue weighted by molar-refractivity contribution is 0.0954. The zero-order chi connectivity index (χ0) is 22.2. The van der Waals surface area contributed by atoms with E-state index in [1.54, 1.807) is 48.5 Å². The molecule has 0 aliphatic heterocycles. The number of hydrogen-bond acceptors (Lipinski definition) is 5. The van der Waals surface area contributed by atoms with Crippen molar-refractivity contribution in [2.45, 2.75) is 6.61 Å². The molecule has 1 amide bonds. The molecule has 0 aliphatic rings. The summed E-state index contributed by atoms with van der Waals surface area (Å²) in [4.78, 5) is 12.4. The van der Waals surface area contributed by atoms with Gasteiger partial charge >= 0.3 is 0 Å². The van der Waals surface area contributed by atoms with Crippen molar-refractivity contribution in [2.24, 2.45) is 5.10 Å². The van der Waals surface area contributed by atoms with E-state index in [1.807, 2.05) is 12.1 Å². The quantitative estimate of drug-likeness (QED) is 0.364. The summed E-state index contributed by atoms with van der Waals surface area (Å²) in [7, 11) is 3.03. The molecule has 31 heavy (non-hydrogen) atoms. The van der Waals surface area contributed by atoms with Gasteiger partial charge in [0.15, 0.2) is 11.5 Å². The number of hydrogen-bond donors (Lipinski definition) is 1. The summed E-state index contributed by atoms with van der Waals surface area (Å²) in [5, 5.41) is 5.21. The van der Waals surface area contributed by atoms with Crippen molar-refractivity contribution >= 4 is 35.3 Å². The Bertz CT molecular complexity index is 1090. The van der Waals surface area contributed by atoms with Gasteiger partial charge in [0.2, 0.25) is 0 Å². The molecule has 3 rings (SSSR count). The number of halogens is 2. The van der Waals surface area contributed by atoms with Gasteiger partial charge in [0, 0.05) is 21.2 Å². The van der Waals surface area contributed by atoms with Crippen LogP contribution in [0.5, 0.6) is 17.2 Å². The Morgan fingerprint density at radius 3 is 2.29 bits per heavy atom. The molecule has 0 aromatic heterocycles. The number of hydrazone groups is 1. The highest BCUT2D eigenvalue weighted by Gasteiger charge is 2.10. The maximum absolute atomic E-state index is 12.4. The number of rotatable bonds is 8. The molecule has 0 saturated carbocycles. The van der Waals surface area contributed by atoms with Gasteiger partial charge in [0.25, 0.3) is 5.91 Å². The molecule has 0 spiro atoms. The molecule has 6 nitrogen and oxygen atoms in total. The van der Waals surface area contributed by atoms with Gasteiger partial charge < -0.3 is 14.2 Å². The van der Waals surface area contributed by atoms with Gasteiger partial charge in [-0.25, -0.2) is 5.43 Å². The highest BCUT2D eigenvalue weighted by molar-refractivity contribution is 6.31. The van der Waals surface area contributed by atoms with E-state index in [9.17, 15) is 4.79 Å². The van der Waals surface area contributed by atoms with Crippen molar-refractivity contribution in [1.82, 2.24) is 5.43 Å². The van der Waals surface area contributed by atoms with Crippen molar-refractivity contribution in [3.8, 4) is 17.2 Å². The Kier molecular flexibility index (Phi) is 7.76. The Morgan fingerprint density at radius 2 is 1.58 bits per heavy atom. The average molecular weight is 459 g/mol. The Balaban J connectivity index is 1.69. The lowest BCUT2D eigenvalue weighted by atomic mass is 10.2. The number of nitrogens with one attached hydrogen (secondary N) is 1. The van der Waals surface area contributed by atoms with Gasteiger partial charge in [0.1, 0.15) is 12.4 Å².